The summed E-state index contributed by atoms with van der Waals surface area (Å²) in [5.41, 5.74) is 0.310. The molecule has 0 bridgehead atoms. The van der Waals surface area contributed by atoms with Crippen LogP contribution in [0.3, 0.4) is 0 Å². The standard InChI is InChI=1S/C12H14ClNO3/c13-11-2-1-9(16)5-10(11)12(17)14-4-3-8(6-14)7-15/h1-2,5,8,15-16H,3-4,6-7H2. The number of aliphatic hydroxyl groups is 1. The third kappa shape index (κ3) is 2.53. The first-order valence-electron chi connectivity index (χ1n) is 5.50. The molecule has 1 heterocycles. The molecule has 1 atom stereocenters. The minimum atomic E-state index is -0.193. The minimum Gasteiger partial charge on any atom is -0.508 e. The molecule has 17 heavy (non-hydrogen) atoms. The highest BCUT2D eigenvalue weighted by molar-refractivity contribution is 6.33. The lowest BCUT2D eigenvalue weighted by atomic mass is 10.1. The van der Waals surface area contributed by atoms with Crippen molar-refractivity contribution in [3.63, 3.8) is 0 Å². The summed E-state index contributed by atoms with van der Waals surface area (Å²) in [5.74, 6) is -0.0208. The predicted molar refractivity (Wildman–Crippen MR) is 64.2 cm³/mol. The highest BCUT2D eigenvalue weighted by atomic mass is 35.5. The third-order valence-electron chi connectivity index (χ3n) is 3.01. The lowest BCUT2D eigenvalue weighted by Crippen LogP contribution is -2.29. The van der Waals surface area contributed by atoms with Crippen molar-refractivity contribution in [1.29, 1.82) is 0 Å². The van der Waals surface area contributed by atoms with E-state index in [1.165, 1.54) is 18.2 Å². The van der Waals surface area contributed by atoms with Gasteiger partial charge in [0.1, 0.15) is 5.75 Å². The number of phenols is 1. The van der Waals surface area contributed by atoms with Crippen LogP contribution in [-0.4, -0.2) is 40.7 Å². The highest BCUT2D eigenvalue weighted by Crippen LogP contribution is 2.25. The van der Waals surface area contributed by atoms with Crippen LogP contribution in [-0.2, 0) is 0 Å². The average Bonchev–Trinajstić information content (AvgIpc) is 2.80. The zero-order valence-corrected chi connectivity index (χ0v) is 10.0. The summed E-state index contributed by atoms with van der Waals surface area (Å²) < 4.78 is 0. The Morgan fingerprint density at radius 2 is 2.29 bits per heavy atom. The zero-order chi connectivity index (χ0) is 12.4. The third-order valence-corrected chi connectivity index (χ3v) is 3.34. The number of halogens is 1. The molecule has 4 nitrogen and oxygen atoms in total. The molecule has 1 amide bonds. The molecule has 2 N–H and O–H groups in total. The Labute approximate surface area is 104 Å². The summed E-state index contributed by atoms with van der Waals surface area (Å²) in [5, 5.41) is 18.7. The van der Waals surface area contributed by atoms with Crippen LogP contribution in [0, 0.1) is 5.92 Å². The van der Waals surface area contributed by atoms with Gasteiger partial charge in [-0.2, -0.15) is 0 Å². The fourth-order valence-corrected chi connectivity index (χ4v) is 2.21. The van der Waals surface area contributed by atoms with Crippen LogP contribution in [0.5, 0.6) is 5.75 Å². The molecule has 0 spiro atoms. The second-order valence-corrected chi connectivity index (χ2v) is 4.66. The number of likely N-dealkylation sites (tertiary alicyclic amines) is 1. The summed E-state index contributed by atoms with van der Waals surface area (Å²) in [7, 11) is 0. The summed E-state index contributed by atoms with van der Waals surface area (Å²) in [6, 6.07) is 4.32. The number of aromatic hydroxyl groups is 1. The number of hydrogen-bond acceptors (Lipinski definition) is 3. The van der Waals surface area contributed by atoms with Crippen LogP contribution in [0.15, 0.2) is 18.2 Å². The average molecular weight is 256 g/mol. The van der Waals surface area contributed by atoms with Gasteiger partial charge in [0, 0.05) is 25.6 Å². The Morgan fingerprint density at radius 3 is 2.94 bits per heavy atom. The highest BCUT2D eigenvalue weighted by Gasteiger charge is 2.27. The number of amides is 1. The molecule has 1 unspecified atom stereocenters. The lowest BCUT2D eigenvalue weighted by Gasteiger charge is -2.17. The Morgan fingerprint density at radius 1 is 1.53 bits per heavy atom. The molecule has 0 radical (unpaired) electrons. The normalized spacial score (nSPS) is 19.6. The van der Waals surface area contributed by atoms with Gasteiger partial charge in [-0.3, -0.25) is 4.79 Å². The Hall–Kier alpha value is -1.26. The Balaban J connectivity index is 2.17. The van der Waals surface area contributed by atoms with E-state index in [2.05, 4.69) is 0 Å². The van der Waals surface area contributed by atoms with Gasteiger partial charge in [-0.1, -0.05) is 11.6 Å². The summed E-state index contributed by atoms with van der Waals surface area (Å²) in [6.45, 7) is 1.26. The maximum atomic E-state index is 12.1. The molecule has 2 rings (SSSR count). The zero-order valence-electron chi connectivity index (χ0n) is 9.27. The van der Waals surface area contributed by atoms with Gasteiger partial charge in [-0.15, -0.1) is 0 Å². The minimum absolute atomic E-state index is 0.0238. The van der Waals surface area contributed by atoms with Gasteiger partial charge in [-0.25, -0.2) is 0 Å². The van der Waals surface area contributed by atoms with Gasteiger partial charge in [0.25, 0.3) is 5.91 Å². The van der Waals surface area contributed by atoms with E-state index >= 15 is 0 Å². The maximum absolute atomic E-state index is 12.1. The first-order chi connectivity index (χ1) is 8.11. The van der Waals surface area contributed by atoms with Crippen LogP contribution < -0.4 is 0 Å². The van der Waals surface area contributed by atoms with E-state index in [-0.39, 0.29) is 24.2 Å². The Bertz CT molecular complexity index is 436. The van der Waals surface area contributed by atoms with Crippen LogP contribution >= 0.6 is 11.6 Å². The number of nitrogens with zero attached hydrogens (tertiary/aromatic N) is 1. The number of benzene rings is 1. The van der Waals surface area contributed by atoms with Crippen LogP contribution in [0.25, 0.3) is 0 Å². The fourth-order valence-electron chi connectivity index (χ4n) is 2.01. The fraction of sp³-hybridized carbons (Fsp3) is 0.417. The summed E-state index contributed by atoms with van der Waals surface area (Å²) >= 11 is 5.93. The van der Waals surface area contributed by atoms with Crippen molar-refractivity contribution < 1.29 is 15.0 Å². The SMILES string of the molecule is O=C(c1cc(O)ccc1Cl)N1CCC(CO)C1. The predicted octanol–water partition coefficient (Wildman–Crippen LogP) is 1.50. The van der Waals surface area contributed by atoms with Gasteiger partial charge in [-0.05, 0) is 24.6 Å². The molecular formula is C12H14ClNO3. The molecule has 1 saturated heterocycles. The maximum Gasteiger partial charge on any atom is 0.255 e. The summed E-state index contributed by atoms with van der Waals surface area (Å²) in [4.78, 5) is 13.8. The Kier molecular flexibility index (Phi) is 3.54. The molecule has 1 aliphatic heterocycles. The van der Waals surface area contributed by atoms with Gasteiger partial charge in [0.2, 0.25) is 0 Å². The van der Waals surface area contributed by atoms with Crippen molar-refractivity contribution in [2.24, 2.45) is 5.92 Å². The first-order valence-corrected chi connectivity index (χ1v) is 5.88. The van der Waals surface area contributed by atoms with Crippen molar-refractivity contribution in [2.45, 2.75) is 6.42 Å². The number of aliphatic hydroxyl groups excluding tert-OH is 1. The largest absolute Gasteiger partial charge is 0.508 e. The van der Waals surface area contributed by atoms with E-state index in [1.54, 1.807) is 4.90 Å². The van der Waals surface area contributed by atoms with E-state index in [1.807, 2.05) is 0 Å². The second-order valence-electron chi connectivity index (χ2n) is 4.25. The lowest BCUT2D eigenvalue weighted by molar-refractivity contribution is 0.0781. The molecule has 1 fully saturated rings. The second kappa shape index (κ2) is 4.94. The number of rotatable bonds is 2. The molecule has 0 saturated carbocycles. The van der Waals surface area contributed by atoms with E-state index in [4.69, 9.17) is 16.7 Å². The van der Waals surface area contributed by atoms with Crippen molar-refractivity contribution >= 4 is 17.5 Å². The van der Waals surface area contributed by atoms with Gasteiger partial charge in [0.05, 0.1) is 10.6 Å². The van der Waals surface area contributed by atoms with Crippen molar-refractivity contribution in [3.8, 4) is 5.75 Å². The molecular weight excluding hydrogens is 242 g/mol. The van der Waals surface area contributed by atoms with Crippen molar-refractivity contribution in [2.75, 3.05) is 19.7 Å². The van der Waals surface area contributed by atoms with Crippen molar-refractivity contribution in [1.82, 2.24) is 4.90 Å². The molecule has 1 aromatic carbocycles. The van der Waals surface area contributed by atoms with Gasteiger partial charge < -0.3 is 15.1 Å². The van der Waals surface area contributed by atoms with Crippen molar-refractivity contribution in [3.05, 3.63) is 28.8 Å². The quantitative estimate of drug-likeness (QED) is 0.842. The molecule has 1 aliphatic rings. The van der Waals surface area contributed by atoms with E-state index in [9.17, 15) is 9.90 Å². The summed E-state index contributed by atoms with van der Waals surface area (Å²) in [6.07, 6.45) is 0.804. The molecule has 1 aromatic rings. The first kappa shape index (κ1) is 12.2. The van der Waals surface area contributed by atoms with E-state index < -0.39 is 0 Å². The van der Waals surface area contributed by atoms with Gasteiger partial charge >= 0.3 is 0 Å². The smallest absolute Gasteiger partial charge is 0.255 e. The molecule has 0 aliphatic carbocycles. The number of phenolic OH excluding ortho intramolecular Hbond substituents is 1. The van der Waals surface area contributed by atoms with Gasteiger partial charge in [0.15, 0.2) is 0 Å². The van der Waals surface area contributed by atoms with E-state index in [0.29, 0.717) is 23.7 Å². The molecule has 5 heteroatoms. The van der Waals surface area contributed by atoms with Crippen LogP contribution in [0.2, 0.25) is 5.02 Å². The molecule has 0 aromatic heterocycles. The topological polar surface area (TPSA) is 60.8 Å². The number of carbonyl (C=O) groups is 1. The van der Waals surface area contributed by atoms with E-state index in [0.717, 1.165) is 6.42 Å². The number of hydrogen-bond donors (Lipinski definition) is 2. The number of carbonyl (C=O) groups excluding carboxylic acids is 1. The van der Waals surface area contributed by atoms with Crippen LogP contribution in [0.1, 0.15) is 16.8 Å². The molecule has 92 valence electrons. The monoisotopic (exact) mass is 255 g/mol. The van der Waals surface area contributed by atoms with Crippen LogP contribution in [0.4, 0.5) is 0 Å².